The number of carbonyl (C=O) groups excluding carboxylic acids is 2. The minimum atomic E-state index is -3.57. The fraction of sp³-hybridized carbons (Fsp3) is 0.333. The molecule has 0 aliphatic carbocycles. The Hall–Kier alpha value is -2.41. The second kappa shape index (κ2) is 9.78. The molecule has 0 saturated heterocycles. The zero-order valence-corrected chi connectivity index (χ0v) is 15.1. The minimum Gasteiger partial charge on any atom is -0.456 e. The van der Waals surface area contributed by atoms with Gasteiger partial charge in [-0.1, -0.05) is 29.8 Å². The van der Waals surface area contributed by atoms with Gasteiger partial charge in [0.25, 0.3) is 5.91 Å². The molecule has 7 heteroatoms. The average Bonchev–Trinajstić information content (AvgIpc) is 2.58. The summed E-state index contributed by atoms with van der Waals surface area (Å²) in [5.41, 5.74) is 0.945. The first kappa shape index (κ1) is 20.6. The number of nitrogens with zero attached hydrogens (tertiary/aromatic N) is 1. The molecule has 1 rings (SSSR count). The zero-order chi connectivity index (χ0) is 18.9. The Bertz CT molecular complexity index is 712. The zero-order valence-electron chi connectivity index (χ0n) is 14.3. The van der Waals surface area contributed by atoms with Gasteiger partial charge in [-0.2, -0.15) is 0 Å². The molecule has 0 aliphatic rings. The van der Waals surface area contributed by atoms with E-state index < -0.39 is 28.3 Å². The van der Waals surface area contributed by atoms with Gasteiger partial charge in [-0.3, -0.25) is 9.59 Å². The lowest BCUT2D eigenvalue weighted by atomic mass is 10.2. The largest absolute Gasteiger partial charge is 0.456 e. The number of ether oxygens (including phenoxy) is 1. The topological polar surface area (TPSA) is 80.8 Å². The fourth-order valence-corrected chi connectivity index (χ4v) is 3.20. The number of hydrogen-bond acceptors (Lipinski definition) is 5. The average molecular weight is 365 g/mol. The van der Waals surface area contributed by atoms with E-state index in [2.05, 4.69) is 13.2 Å². The fourth-order valence-electron chi connectivity index (χ4n) is 1.98. The second-order valence-electron chi connectivity index (χ2n) is 5.42. The molecule has 6 nitrogen and oxygen atoms in total. The molecular formula is C18H23NO5S. The van der Waals surface area contributed by atoms with Crippen LogP contribution < -0.4 is 0 Å². The van der Waals surface area contributed by atoms with Crippen molar-refractivity contribution in [2.45, 2.75) is 18.2 Å². The van der Waals surface area contributed by atoms with Gasteiger partial charge in [-0.15, -0.1) is 13.2 Å². The maximum Gasteiger partial charge on any atom is 0.307 e. The van der Waals surface area contributed by atoms with Gasteiger partial charge in [0.05, 0.1) is 17.1 Å². The van der Waals surface area contributed by atoms with Gasteiger partial charge in [0.1, 0.15) is 0 Å². The van der Waals surface area contributed by atoms with E-state index >= 15 is 0 Å². The highest BCUT2D eigenvalue weighted by Gasteiger charge is 2.18. The van der Waals surface area contributed by atoms with Crippen LogP contribution in [0.15, 0.2) is 54.5 Å². The molecule has 1 aromatic rings. The predicted octanol–water partition coefficient (Wildman–Crippen LogP) is 1.90. The molecule has 1 amide bonds. The molecule has 0 N–H and O–H groups in total. The van der Waals surface area contributed by atoms with Gasteiger partial charge >= 0.3 is 5.97 Å². The Morgan fingerprint density at radius 2 is 1.68 bits per heavy atom. The molecular weight excluding hydrogens is 342 g/mol. The molecule has 25 heavy (non-hydrogen) atoms. The molecule has 0 unspecified atom stereocenters. The van der Waals surface area contributed by atoms with Gasteiger partial charge in [0.15, 0.2) is 16.4 Å². The lowest BCUT2D eigenvalue weighted by Crippen LogP contribution is -2.35. The minimum absolute atomic E-state index is 0.158. The first-order valence-electron chi connectivity index (χ1n) is 7.74. The Kier molecular flexibility index (Phi) is 8.07. The van der Waals surface area contributed by atoms with Gasteiger partial charge in [-0.05, 0) is 19.1 Å². The van der Waals surface area contributed by atoms with Gasteiger partial charge in [0, 0.05) is 13.1 Å². The van der Waals surface area contributed by atoms with Crippen molar-refractivity contribution in [1.29, 1.82) is 0 Å². The molecule has 0 saturated carbocycles. The highest BCUT2D eigenvalue weighted by Crippen LogP contribution is 2.13. The Morgan fingerprint density at radius 3 is 2.20 bits per heavy atom. The van der Waals surface area contributed by atoms with E-state index in [1.54, 1.807) is 24.3 Å². The molecule has 0 radical (unpaired) electrons. The molecule has 136 valence electrons. The second-order valence-corrected chi connectivity index (χ2v) is 7.53. The van der Waals surface area contributed by atoms with Crippen molar-refractivity contribution in [2.24, 2.45) is 0 Å². The van der Waals surface area contributed by atoms with E-state index in [-0.39, 0.29) is 17.1 Å². The van der Waals surface area contributed by atoms with Crippen LogP contribution in [0.3, 0.4) is 0 Å². The highest BCUT2D eigenvalue weighted by atomic mass is 32.2. The number of carbonyl (C=O) groups is 2. The first-order chi connectivity index (χ1) is 11.8. The van der Waals surface area contributed by atoms with Crippen molar-refractivity contribution >= 4 is 21.7 Å². The van der Waals surface area contributed by atoms with Crippen LogP contribution in [0, 0.1) is 6.92 Å². The third-order valence-electron chi connectivity index (χ3n) is 3.36. The van der Waals surface area contributed by atoms with Gasteiger partial charge < -0.3 is 9.64 Å². The molecule has 0 fully saturated rings. The van der Waals surface area contributed by atoms with E-state index in [9.17, 15) is 18.0 Å². The van der Waals surface area contributed by atoms with Crippen molar-refractivity contribution in [2.75, 3.05) is 25.4 Å². The van der Waals surface area contributed by atoms with Crippen molar-refractivity contribution in [1.82, 2.24) is 4.90 Å². The van der Waals surface area contributed by atoms with Crippen LogP contribution in [0.2, 0.25) is 0 Å². The van der Waals surface area contributed by atoms with Crippen molar-refractivity contribution in [3.05, 3.63) is 55.1 Å². The van der Waals surface area contributed by atoms with E-state index in [0.29, 0.717) is 13.1 Å². The van der Waals surface area contributed by atoms with E-state index in [1.165, 1.54) is 17.0 Å². The molecule has 0 aromatic heterocycles. The maximum atomic E-state index is 12.2. The van der Waals surface area contributed by atoms with Crippen LogP contribution in [0.1, 0.15) is 12.0 Å². The molecule has 0 heterocycles. The Balaban J connectivity index is 2.51. The highest BCUT2D eigenvalue weighted by molar-refractivity contribution is 7.91. The van der Waals surface area contributed by atoms with Crippen LogP contribution in [0.25, 0.3) is 0 Å². The summed E-state index contributed by atoms with van der Waals surface area (Å²) < 4.78 is 29.2. The van der Waals surface area contributed by atoms with Crippen molar-refractivity contribution < 1.29 is 22.7 Å². The number of sulfone groups is 1. The van der Waals surface area contributed by atoms with Crippen LogP contribution in [0.4, 0.5) is 0 Å². The number of aryl methyl sites for hydroxylation is 1. The summed E-state index contributed by atoms with van der Waals surface area (Å²) in [5.74, 6) is -1.50. The lowest BCUT2D eigenvalue weighted by Gasteiger charge is -2.18. The van der Waals surface area contributed by atoms with Gasteiger partial charge in [-0.25, -0.2) is 8.42 Å². The smallest absolute Gasteiger partial charge is 0.307 e. The summed E-state index contributed by atoms with van der Waals surface area (Å²) in [6.45, 7) is 9.13. The molecule has 1 aromatic carbocycles. The number of amides is 1. The third-order valence-corrected chi connectivity index (χ3v) is 5.10. The van der Waals surface area contributed by atoms with E-state index in [0.717, 1.165) is 5.56 Å². The summed E-state index contributed by atoms with van der Waals surface area (Å²) >= 11 is 0. The van der Waals surface area contributed by atoms with Crippen LogP contribution in [0.5, 0.6) is 0 Å². The SMILES string of the molecule is C=CCN(CC=C)C(=O)COC(=O)CCS(=O)(=O)c1ccc(C)cc1. The Labute approximate surface area is 148 Å². The van der Waals surface area contributed by atoms with Crippen molar-refractivity contribution in [3.8, 4) is 0 Å². The summed E-state index contributed by atoms with van der Waals surface area (Å²) in [5, 5.41) is 0. The molecule has 0 aliphatic heterocycles. The molecule has 0 bridgehead atoms. The molecule has 0 spiro atoms. The van der Waals surface area contributed by atoms with E-state index in [4.69, 9.17) is 4.74 Å². The maximum absolute atomic E-state index is 12.2. The quantitative estimate of drug-likeness (QED) is 0.467. The van der Waals surface area contributed by atoms with Gasteiger partial charge in [0.2, 0.25) is 0 Å². The first-order valence-corrected chi connectivity index (χ1v) is 9.40. The standard InChI is InChI=1S/C18H23NO5S/c1-4-11-19(12-5-2)17(20)14-24-18(21)10-13-25(22,23)16-8-6-15(3)7-9-16/h4-9H,1-2,10-14H2,3H3. The number of esters is 1. The summed E-state index contributed by atoms with van der Waals surface area (Å²) in [6, 6.07) is 6.39. The number of rotatable bonds is 10. The van der Waals surface area contributed by atoms with Crippen LogP contribution in [-0.4, -0.2) is 50.6 Å². The number of hydrogen-bond donors (Lipinski definition) is 0. The third kappa shape index (κ3) is 6.93. The van der Waals surface area contributed by atoms with Crippen LogP contribution >= 0.6 is 0 Å². The van der Waals surface area contributed by atoms with E-state index in [1.807, 2.05) is 6.92 Å². The predicted molar refractivity (Wildman–Crippen MR) is 95.8 cm³/mol. The Morgan fingerprint density at radius 1 is 1.12 bits per heavy atom. The van der Waals surface area contributed by atoms with Crippen LogP contribution in [-0.2, 0) is 24.2 Å². The van der Waals surface area contributed by atoms with Crippen molar-refractivity contribution in [3.63, 3.8) is 0 Å². The summed E-state index contributed by atoms with van der Waals surface area (Å²) in [6.07, 6.45) is 2.79. The lowest BCUT2D eigenvalue weighted by molar-refractivity contribution is -0.151. The summed E-state index contributed by atoms with van der Waals surface area (Å²) in [4.78, 5) is 25.2. The monoisotopic (exact) mass is 365 g/mol. The summed E-state index contributed by atoms with van der Waals surface area (Å²) in [7, 11) is -3.57. The number of benzene rings is 1. The molecule has 0 atom stereocenters. The normalized spacial score (nSPS) is 10.8.